The molecule has 1 N–H and O–H groups in total. The highest BCUT2D eigenvalue weighted by atomic mass is 16.5. The van der Waals surface area contributed by atoms with E-state index in [1.165, 1.54) is 44.9 Å². The highest BCUT2D eigenvalue weighted by Crippen LogP contribution is 2.38. The number of hydrogen-bond acceptors (Lipinski definition) is 3. The van der Waals surface area contributed by atoms with Gasteiger partial charge in [0.1, 0.15) is 0 Å². The van der Waals surface area contributed by atoms with Crippen LogP contribution in [0.3, 0.4) is 0 Å². The molecule has 0 aliphatic carbocycles. The Morgan fingerprint density at radius 2 is 1.68 bits per heavy atom. The molecule has 19 heavy (non-hydrogen) atoms. The molecule has 0 aromatic heterocycles. The molecule has 3 unspecified atom stereocenters. The fraction of sp³-hybridized carbons (Fsp3) is 1.00. The van der Waals surface area contributed by atoms with Crippen LogP contribution < -0.4 is 5.32 Å². The topological polar surface area (TPSA) is 24.5 Å². The molecule has 0 aromatic rings. The van der Waals surface area contributed by atoms with Crippen LogP contribution in [0.15, 0.2) is 0 Å². The van der Waals surface area contributed by atoms with Crippen molar-refractivity contribution in [3.05, 3.63) is 0 Å². The summed E-state index contributed by atoms with van der Waals surface area (Å²) in [6, 6.07) is 3.19. The van der Waals surface area contributed by atoms with Gasteiger partial charge in [-0.25, -0.2) is 0 Å². The number of nitrogens with one attached hydrogen (secondary N) is 1. The van der Waals surface area contributed by atoms with E-state index >= 15 is 0 Å². The second-order valence-electron chi connectivity index (χ2n) is 6.83. The summed E-state index contributed by atoms with van der Waals surface area (Å²) < 4.78 is 5.54. The summed E-state index contributed by atoms with van der Waals surface area (Å²) in [7, 11) is 2.14. The smallest absolute Gasteiger partial charge is 0.0469 e. The van der Waals surface area contributed by atoms with Crippen molar-refractivity contribution >= 4 is 0 Å². The number of nitrogens with zero attached hydrogens (tertiary/aromatic N) is 1. The van der Waals surface area contributed by atoms with E-state index in [4.69, 9.17) is 4.74 Å². The van der Waals surface area contributed by atoms with Crippen LogP contribution in [0.2, 0.25) is 0 Å². The fourth-order valence-corrected chi connectivity index (χ4v) is 4.76. The van der Waals surface area contributed by atoms with Crippen molar-refractivity contribution in [1.29, 1.82) is 0 Å². The number of rotatable bonds is 3. The summed E-state index contributed by atoms with van der Waals surface area (Å²) in [5.41, 5.74) is 0. The zero-order valence-electron chi connectivity index (χ0n) is 12.6. The average molecular weight is 266 g/mol. The first-order valence-corrected chi connectivity index (χ1v) is 8.32. The number of ether oxygens (including phenoxy) is 1. The van der Waals surface area contributed by atoms with E-state index in [0.29, 0.717) is 0 Å². The van der Waals surface area contributed by atoms with Gasteiger partial charge in [0.15, 0.2) is 0 Å². The Labute approximate surface area is 118 Å². The van der Waals surface area contributed by atoms with Crippen LogP contribution in [0.25, 0.3) is 0 Å². The monoisotopic (exact) mass is 266 g/mol. The van der Waals surface area contributed by atoms with Crippen LogP contribution in [-0.4, -0.2) is 49.3 Å². The summed E-state index contributed by atoms with van der Waals surface area (Å²) in [5, 5.41) is 3.52. The van der Waals surface area contributed by atoms with E-state index in [1.807, 2.05) is 0 Å². The van der Waals surface area contributed by atoms with Crippen LogP contribution in [0.1, 0.15) is 51.9 Å². The second-order valence-corrected chi connectivity index (χ2v) is 6.83. The Balaban J connectivity index is 1.68. The van der Waals surface area contributed by atoms with Gasteiger partial charge < -0.3 is 10.1 Å². The van der Waals surface area contributed by atoms with E-state index in [0.717, 1.165) is 43.3 Å². The van der Waals surface area contributed by atoms with Gasteiger partial charge in [0.25, 0.3) is 0 Å². The molecule has 3 heteroatoms. The second kappa shape index (κ2) is 6.11. The lowest BCUT2D eigenvalue weighted by atomic mass is 9.78. The van der Waals surface area contributed by atoms with Gasteiger partial charge in [-0.3, -0.25) is 4.90 Å². The van der Waals surface area contributed by atoms with Crippen molar-refractivity contribution < 1.29 is 4.74 Å². The zero-order chi connectivity index (χ0) is 13.2. The lowest BCUT2D eigenvalue weighted by Crippen LogP contribution is -2.60. The summed E-state index contributed by atoms with van der Waals surface area (Å²) >= 11 is 0. The Morgan fingerprint density at radius 1 is 1.05 bits per heavy atom. The van der Waals surface area contributed by atoms with Gasteiger partial charge in [-0.15, -0.1) is 0 Å². The van der Waals surface area contributed by atoms with E-state index < -0.39 is 0 Å². The van der Waals surface area contributed by atoms with Gasteiger partial charge in [0.2, 0.25) is 0 Å². The number of fused-ring (bicyclic) bond motifs is 2. The summed E-state index contributed by atoms with van der Waals surface area (Å²) in [5.74, 6) is 0.864. The Kier molecular flexibility index (Phi) is 4.45. The predicted octanol–water partition coefficient (Wildman–Crippen LogP) is 2.41. The van der Waals surface area contributed by atoms with Crippen LogP contribution in [0.4, 0.5) is 0 Å². The molecule has 3 aliphatic rings. The number of hydrogen-bond donors (Lipinski definition) is 1. The summed E-state index contributed by atoms with van der Waals surface area (Å²) in [6.07, 6.45) is 9.55. The van der Waals surface area contributed by atoms with Crippen molar-refractivity contribution in [2.45, 2.75) is 76.0 Å². The van der Waals surface area contributed by atoms with E-state index in [-0.39, 0.29) is 0 Å². The normalized spacial score (nSPS) is 39.2. The minimum Gasteiger partial charge on any atom is -0.381 e. The van der Waals surface area contributed by atoms with Crippen molar-refractivity contribution in [3.8, 4) is 0 Å². The molecule has 3 nitrogen and oxygen atoms in total. The summed E-state index contributed by atoms with van der Waals surface area (Å²) in [6.45, 7) is 4.45. The molecule has 0 radical (unpaired) electrons. The first kappa shape index (κ1) is 13.8. The van der Waals surface area contributed by atoms with Crippen molar-refractivity contribution in [3.63, 3.8) is 0 Å². The Bertz CT molecular complexity index is 276. The molecule has 3 saturated heterocycles. The quantitative estimate of drug-likeness (QED) is 0.849. The molecule has 0 amide bonds. The first-order valence-electron chi connectivity index (χ1n) is 8.32. The third-order valence-corrected chi connectivity index (χ3v) is 5.86. The molecular formula is C16H30N2O. The zero-order valence-corrected chi connectivity index (χ0v) is 12.6. The van der Waals surface area contributed by atoms with E-state index in [9.17, 15) is 0 Å². The minimum atomic E-state index is 0.758. The van der Waals surface area contributed by atoms with Gasteiger partial charge in [0, 0.05) is 37.4 Å². The molecular weight excluding hydrogens is 236 g/mol. The minimum absolute atomic E-state index is 0.758. The molecule has 3 fully saturated rings. The third kappa shape index (κ3) is 2.84. The average Bonchev–Trinajstić information content (AvgIpc) is 2.46. The maximum Gasteiger partial charge on any atom is 0.0469 e. The van der Waals surface area contributed by atoms with Crippen LogP contribution in [-0.2, 0) is 4.74 Å². The molecule has 2 bridgehead atoms. The first-order chi connectivity index (χ1) is 9.29. The molecule has 3 atom stereocenters. The highest BCUT2D eigenvalue weighted by Gasteiger charge is 2.41. The standard InChI is InChI=1S/C16H30N2O/c1-12(13-6-8-19-9-7-13)18-15-4-3-5-16(18)11-14(10-15)17-2/h12-17H,3-11H2,1-2H3. The SMILES string of the molecule is CNC1CC2CCCC(C1)N2C(C)C1CCOCC1. The van der Waals surface area contributed by atoms with Crippen LogP contribution in [0, 0.1) is 5.92 Å². The molecule has 3 heterocycles. The van der Waals surface area contributed by atoms with Crippen molar-refractivity contribution in [1.82, 2.24) is 10.2 Å². The Hall–Kier alpha value is -0.120. The lowest BCUT2D eigenvalue weighted by molar-refractivity contribution is -0.0449. The van der Waals surface area contributed by atoms with Gasteiger partial charge in [-0.1, -0.05) is 6.42 Å². The van der Waals surface area contributed by atoms with E-state index in [2.05, 4.69) is 24.2 Å². The highest BCUT2D eigenvalue weighted by molar-refractivity contribution is 4.98. The molecule has 3 aliphatic heterocycles. The number of piperidine rings is 2. The van der Waals surface area contributed by atoms with Crippen molar-refractivity contribution in [2.75, 3.05) is 20.3 Å². The molecule has 0 aromatic carbocycles. The summed E-state index contributed by atoms with van der Waals surface area (Å²) in [4.78, 5) is 2.91. The predicted molar refractivity (Wildman–Crippen MR) is 78.4 cm³/mol. The third-order valence-electron chi connectivity index (χ3n) is 5.86. The van der Waals surface area contributed by atoms with Crippen LogP contribution >= 0.6 is 0 Å². The largest absolute Gasteiger partial charge is 0.381 e. The molecule has 0 saturated carbocycles. The lowest BCUT2D eigenvalue weighted by Gasteiger charge is -2.53. The maximum absolute atomic E-state index is 5.54. The van der Waals surface area contributed by atoms with Crippen LogP contribution in [0.5, 0.6) is 0 Å². The van der Waals surface area contributed by atoms with Gasteiger partial charge in [-0.2, -0.15) is 0 Å². The Morgan fingerprint density at radius 3 is 2.26 bits per heavy atom. The van der Waals surface area contributed by atoms with Gasteiger partial charge in [-0.05, 0) is 58.4 Å². The molecule has 3 rings (SSSR count). The van der Waals surface area contributed by atoms with E-state index in [1.54, 1.807) is 0 Å². The van der Waals surface area contributed by atoms with Crippen molar-refractivity contribution in [2.24, 2.45) is 5.92 Å². The maximum atomic E-state index is 5.54. The molecule has 0 spiro atoms. The van der Waals surface area contributed by atoms with Gasteiger partial charge in [0.05, 0.1) is 0 Å². The fourth-order valence-electron chi connectivity index (χ4n) is 4.76. The van der Waals surface area contributed by atoms with Gasteiger partial charge >= 0.3 is 0 Å². The molecule has 110 valence electrons.